The first-order chi connectivity index (χ1) is 9.19. The minimum Gasteiger partial charge on any atom is -0.381 e. The van der Waals surface area contributed by atoms with Crippen LogP contribution in [0.4, 0.5) is 10.1 Å². The molecule has 0 aliphatic heterocycles. The van der Waals surface area contributed by atoms with Gasteiger partial charge in [-0.25, -0.2) is 4.39 Å². The Kier molecular flexibility index (Phi) is 4.15. The molecule has 0 spiro atoms. The van der Waals surface area contributed by atoms with E-state index >= 15 is 0 Å². The molecule has 2 aromatic carbocycles. The smallest absolute Gasteiger partial charge is 0.128 e. The van der Waals surface area contributed by atoms with Crippen molar-refractivity contribution in [3.8, 4) is 6.07 Å². The molecule has 0 saturated carbocycles. The third-order valence-electron chi connectivity index (χ3n) is 2.92. The number of aryl methyl sites for hydroxylation is 1. The van der Waals surface area contributed by atoms with Crippen LogP contribution in [0, 0.1) is 24.1 Å². The molecule has 2 nitrogen and oxygen atoms in total. The van der Waals surface area contributed by atoms with Gasteiger partial charge >= 0.3 is 0 Å². The lowest BCUT2D eigenvalue weighted by atomic mass is 10.1. The van der Waals surface area contributed by atoms with E-state index in [4.69, 9.17) is 5.26 Å². The lowest BCUT2D eigenvalue weighted by Gasteiger charge is -2.08. The Balaban J connectivity index is 2.02. The van der Waals surface area contributed by atoms with Crippen LogP contribution in [0.5, 0.6) is 0 Å². The standard InChI is InChI=1S/C16H15FN2/c1-12-2-7-16(17)14(10-12)11-19-15-5-3-13(4-6-15)8-9-18/h2-7,10,19H,8,11H2,1H3. The fourth-order valence-corrected chi connectivity index (χ4v) is 1.87. The minimum atomic E-state index is -0.195. The fourth-order valence-electron chi connectivity index (χ4n) is 1.87. The molecule has 0 unspecified atom stereocenters. The summed E-state index contributed by atoms with van der Waals surface area (Å²) in [6, 6.07) is 14.8. The van der Waals surface area contributed by atoms with Gasteiger partial charge in [-0.05, 0) is 30.7 Å². The van der Waals surface area contributed by atoms with E-state index in [2.05, 4.69) is 11.4 Å². The molecule has 19 heavy (non-hydrogen) atoms. The lowest BCUT2D eigenvalue weighted by molar-refractivity contribution is 0.612. The van der Waals surface area contributed by atoms with Crippen LogP contribution >= 0.6 is 0 Å². The van der Waals surface area contributed by atoms with Crippen molar-refractivity contribution < 1.29 is 4.39 Å². The molecular weight excluding hydrogens is 239 g/mol. The van der Waals surface area contributed by atoms with Crippen LogP contribution in [0.3, 0.4) is 0 Å². The average molecular weight is 254 g/mol. The molecule has 0 fully saturated rings. The fraction of sp³-hybridized carbons (Fsp3) is 0.188. The molecule has 0 aliphatic carbocycles. The van der Waals surface area contributed by atoms with E-state index in [-0.39, 0.29) is 5.82 Å². The maximum atomic E-state index is 13.6. The van der Waals surface area contributed by atoms with Crippen LogP contribution in [-0.4, -0.2) is 0 Å². The summed E-state index contributed by atoms with van der Waals surface area (Å²) >= 11 is 0. The summed E-state index contributed by atoms with van der Waals surface area (Å²) in [5, 5.41) is 11.8. The third kappa shape index (κ3) is 3.56. The Labute approximate surface area is 112 Å². The van der Waals surface area contributed by atoms with Crippen molar-refractivity contribution in [1.82, 2.24) is 0 Å². The zero-order valence-electron chi connectivity index (χ0n) is 10.8. The van der Waals surface area contributed by atoms with E-state index in [1.807, 2.05) is 37.3 Å². The number of rotatable bonds is 4. The highest BCUT2D eigenvalue weighted by atomic mass is 19.1. The van der Waals surface area contributed by atoms with Crippen molar-refractivity contribution in [1.29, 1.82) is 5.26 Å². The normalized spacial score (nSPS) is 9.95. The number of halogens is 1. The Morgan fingerprint density at radius 2 is 1.89 bits per heavy atom. The van der Waals surface area contributed by atoms with E-state index in [9.17, 15) is 4.39 Å². The molecular formula is C16H15FN2. The van der Waals surface area contributed by atoms with Crippen LogP contribution in [-0.2, 0) is 13.0 Å². The second kappa shape index (κ2) is 6.01. The van der Waals surface area contributed by atoms with Gasteiger partial charge in [0.2, 0.25) is 0 Å². The van der Waals surface area contributed by atoms with Gasteiger partial charge in [0.1, 0.15) is 5.82 Å². The number of nitrogens with zero attached hydrogens (tertiary/aromatic N) is 1. The first-order valence-electron chi connectivity index (χ1n) is 6.14. The molecule has 0 atom stereocenters. The molecule has 0 aromatic heterocycles. The highest BCUT2D eigenvalue weighted by Crippen LogP contribution is 2.14. The molecule has 2 aromatic rings. The number of hydrogen-bond donors (Lipinski definition) is 1. The van der Waals surface area contributed by atoms with Gasteiger partial charge in [0.15, 0.2) is 0 Å². The Hall–Kier alpha value is -2.34. The first-order valence-corrected chi connectivity index (χ1v) is 6.14. The van der Waals surface area contributed by atoms with Gasteiger partial charge in [-0.3, -0.25) is 0 Å². The van der Waals surface area contributed by atoms with Crippen molar-refractivity contribution in [2.75, 3.05) is 5.32 Å². The first kappa shape index (κ1) is 13.1. The Morgan fingerprint density at radius 1 is 1.16 bits per heavy atom. The highest BCUT2D eigenvalue weighted by molar-refractivity contribution is 5.45. The van der Waals surface area contributed by atoms with Crippen LogP contribution < -0.4 is 5.32 Å². The van der Waals surface area contributed by atoms with Gasteiger partial charge in [0, 0.05) is 17.8 Å². The van der Waals surface area contributed by atoms with Gasteiger partial charge in [0.05, 0.1) is 12.5 Å². The summed E-state index contributed by atoms with van der Waals surface area (Å²) in [6.45, 7) is 2.39. The second-order valence-electron chi connectivity index (χ2n) is 4.48. The predicted molar refractivity (Wildman–Crippen MR) is 74.2 cm³/mol. The molecule has 0 aliphatic rings. The number of nitriles is 1. The molecule has 0 amide bonds. The zero-order valence-corrected chi connectivity index (χ0v) is 10.8. The molecule has 0 heterocycles. The monoisotopic (exact) mass is 254 g/mol. The number of benzene rings is 2. The quantitative estimate of drug-likeness (QED) is 0.900. The number of nitrogens with one attached hydrogen (secondary N) is 1. The van der Waals surface area contributed by atoms with Crippen molar-refractivity contribution in [2.24, 2.45) is 0 Å². The van der Waals surface area contributed by atoms with Gasteiger partial charge in [-0.2, -0.15) is 5.26 Å². The molecule has 0 radical (unpaired) electrons. The van der Waals surface area contributed by atoms with Gasteiger partial charge in [-0.15, -0.1) is 0 Å². The maximum Gasteiger partial charge on any atom is 0.128 e. The second-order valence-corrected chi connectivity index (χ2v) is 4.48. The average Bonchev–Trinajstić information content (AvgIpc) is 2.42. The van der Waals surface area contributed by atoms with Crippen LogP contribution in [0.1, 0.15) is 16.7 Å². The Bertz CT molecular complexity index is 597. The summed E-state index contributed by atoms with van der Waals surface area (Å²) in [5.41, 5.74) is 3.60. The van der Waals surface area contributed by atoms with E-state index in [1.54, 1.807) is 6.07 Å². The Morgan fingerprint density at radius 3 is 2.58 bits per heavy atom. The van der Waals surface area contributed by atoms with E-state index < -0.39 is 0 Å². The summed E-state index contributed by atoms with van der Waals surface area (Å²) in [5.74, 6) is -0.195. The molecule has 2 rings (SSSR count). The zero-order chi connectivity index (χ0) is 13.7. The van der Waals surface area contributed by atoms with Crippen molar-refractivity contribution >= 4 is 5.69 Å². The lowest BCUT2D eigenvalue weighted by Crippen LogP contribution is -2.02. The summed E-state index contributed by atoms with van der Waals surface area (Å²) < 4.78 is 13.6. The summed E-state index contributed by atoms with van der Waals surface area (Å²) in [4.78, 5) is 0. The van der Waals surface area contributed by atoms with Gasteiger partial charge in [0.25, 0.3) is 0 Å². The minimum absolute atomic E-state index is 0.195. The summed E-state index contributed by atoms with van der Waals surface area (Å²) in [6.07, 6.45) is 0.410. The van der Waals surface area contributed by atoms with Crippen LogP contribution in [0.25, 0.3) is 0 Å². The summed E-state index contributed by atoms with van der Waals surface area (Å²) in [7, 11) is 0. The van der Waals surface area contributed by atoms with Gasteiger partial charge < -0.3 is 5.32 Å². The van der Waals surface area contributed by atoms with Crippen molar-refractivity contribution in [3.63, 3.8) is 0 Å². The number of anilines is 1. The maximum absolute atomic E-state index is 13.6. The molecule has 0 bridgehead atoms. The third-order valence-corrected chi connectivity index (χ3v) is 2.92. The SMILES string of the molecule is Cc1ccc(F)c(CNc2ccc(CC#N)cc2)c1. The van der Waals surface area contributed by atoms with E-state index in [0.29, 0.717) is 18.5 Å². The molecule has 0 saturated heterocycles. The topological polar surface area (TPSA) is 35.8 Å². The largest absolute Gasteiger partial charge is 0.381 e. The van der Waals surface area contributed by atoms with Crippen LogP contribution in [0.2, 0.25) is 0 Å². The van der Waals surface area contributed by atoms with E-state index in [1.165, 1.54) is 6.07 Å². The van der Waals surface area contributed by atoms with E-state index in [0.717, 1.165) is 16.8 Å². The van der Waals surface area contributed by atoms with Crippen LogP contribution in [0.15, 0.2) is 42.5 Å². The highest BCUT2D eigenvalue weighted by Gasteiger charge is 2.02. The van der Waals surface area contributed by atoms with Crippen molar-refractivity contribution in [3.05, 3.63) is 65.0 Å². The molecule has 1 N–H and O–H groups in total. The molecule has 96 valence electrons. The predicted octanol–water partition coefficient (Wildman–Crippen LogP) is 3.81. The van der Waals surface area contributed by atoms with Gasteiger partial charge in [-0.1, -0.05) is 29.8 Å². The number of hydrogen-bond acceptors (Lipinski definition) is 2. The van der Waals surface area contributed by atoms with Crippen molar-refractivity contribution in [2.45, 2.75) is 19.9 Å². The molecule has 3 heteroatoms.